The molecule has 3 nitrogen and oxygen atoms in total. The zero-order valence-corrected chi connectivity index (χ0v) is 23.4. The molecule has 0 saturated carbocycles. The molecule has 0 amide bonds. The molecule has 0 saturated heterocycles. The Kier molecular flexibility index (Phi) is 5.86. The summed E-state index contributed by atoms with van der Waals surface area (Å²) in [6, 6.07) is 45.3. The van der Waals surface area contributed by atoms with E-state index >= 15 is 0 Å². The maximum Gasteiger partial charge on any atom is 0.157 e. The van der Waals surface area contributed by atoms with Crippen molar-refractivity contribution in [2.45, 2.75) is 24.9 Å². The van der Waals surface area contributed by atoms with Crippen LogP contribution in [0.1, 0.15) is 35.6 Å². The molecule has 42 heavy (non-hydrogen) atoms. The van der Waals surface area contributed by atoms with Crippen LogP contribution in [-0.4, -0.2) is 17.7 Å². The van der Waals surface area contributed by atoms with Crippen LogP contribution in [0.2, 0.25) is 0 Å². The molecule has 4 unspecified atom stereocenters. The average molecular weight is 540 g/mol. The molecular formula is C39H29N3. The summed E-state index contributed by atoms with van der Waals surface area (Å²) in [7, 11) is 0. The second kappa shape index (κ2) is 10.0. The average Bonchev–Trinajstić information content (AvgIpc) is 3.39. The normalized spacial score (nSPS) is 22.3. The number of aliphatic imine (C=N–C) groups is 2. The van der Waals surface area contributed by atoms with Crippen LogP contribution < -0.4 is 4.90 Å². The van der Waals surface area contributed by atoms with Gasteiger partial charge in [0.15, 0.2) is 5.84 Å². The number of hydrogen-bond acceptors (Lipinski definition) is 3. The number of rotatable bonds is 3. The first-order chi connectivity index (χ1) is 20.7. The minimum Gasteiger partial charge on any atom is -0.321 e. The van der Waals surface area contributed by atoms with Gasteiger partial charge in [0.2, 0.25) is 0 Å². The summed E-state index contributed by atoms with van der Waals surface area (Å²) in [4.78, 5) is 13.0. The fraction of sp³-hybridized carbons (Fsp3) is 0.128. The number of fused-ring (bicyclic) bond motifs is 4. The zero-order valence-electron chi connectivity index (χ0n) is 23.4. The van der Waals surface area contributed by atoms with Crippen molar-refractivity contribution < 1.29 is 0 Å². The van der Waals surface area contributed by atoms with Gasteiger partial charge in [-0.1, -0.05) is 134 Å². The molecule has 0 radical (unpaired) electrons. The highest BCUT2D eigenvalue weighted by atomic mass is 15.3. The van der Waals surface area contributed by atoms with Gasteiger partial charge in [-0.25, -0.2) is 4.99 Å². The summed E-state index contributed by atoms with van der Waals surface area (Å²) in [6.07, 6.45) is 8.84. The lowest BCUT2D eigenvalue weighted by atomic mass is 9.89. The van der Waals surface area contributed by atoms with E-state index in [4.69, 9.17) is 9.98 Å². The molecule has 3 heteroatoms. The van der Waals surface area contributed by atoms with Crippen molar-refractivity contribution in [1.82, 2.24) is 0 Å². The number of benzene rings is 4. The van der Waals surface area contributed by atoms with Crippen LogP contribution >= 0.6 is 0 Å². The van der Waals surface area contributed by atoms with Crippen LogP contribution in [0.15, 0.2) is 143 Å². The largest absolute Gasteiger partial charge is 0.321 e. The molecule has 5 aromatic carbocycles. The first-order valence-corrected chi connectivity index (χ1v) is 14.6. The van der Waals surface area contributed by atoms with Crippen molar-refractivity contribution in [3.63, 3.8) is 0 Å². The maximum atomic E-state index is 5.33. The van der Waals surface area contributed by atoms with Crippen molar-refractivity contribution in [3.05, 3.63) is 162 Å². The Bertz CT molecular complexity index is 1910. The van der Waals surface area contributed by atoms with E-state index < -0.39 is 0 Å². The van der Waals surface area contributed by atoms with E-state index in [1.165, 1.54) is 33.0 Å². The second-order valence-electron chi connectivity index (χ2n) is 11.3. The summed E-state index contributed by atoms with van der Waals surface area (Å²) in [5.41, 5.74) is 6.94. The molecule has 4 atom stereocenters. The Morgan fingerprint density at radius 3 is 2.31 bits per heavy atom. The molecule has 0 bridgehead atoms. The zero-order chi connectivity index (χ0) is 28.0. The summed E-state index contributed by atoms with van der Waals surface area (Å²) >= 11 is 0. The Labute approximate surface area is 246 Å². The molecule has 2 heterocycles. The Morgan fingerprint density at radius 2 is 1.45 bits per heavy atom. The van der Waals surface area contributed by atoms with Gasteiger partial charge < -0.3 is 4.90 Å². The molecule has 0 fully saturated rings. The van der Waals surface area contributed by atoms with Crippen molar-refractivity contribution in [1.29, 1.82) is 0 Å². The smallest absolute Gasteiger partial charge is 0.157 e. The number of hydrogen-bond donors (Lipinski definition) is 0. The third-order valence-corrected chi connectivity index (χ3v) is 8.78. The Hall–Kier alpha value is -5.20. The van der Waals surface area contributed by atoms with E-state index in [-0.39, 0.29) is 23.9 Å². The monoisotopic (exact) mass is 539 g/mol. The quantitative estimate of drug-likeness (QED) is 0.225. The summed E-state index contributed by atoms with van der Waals surface area (Å²) in [6.45, 7) is 2.26. The van der Waals surface area contributed by atoms with Crippen LogP contribution in [0.25, 0.3) is 21.9 Å². The molecule has 0 N–H and O–H groups in total. The molecule has 1 aliphatic carbocycles. The Balaban J connectivity index is 1.22. The van der Waals surface area contributed by atoms with E-state index in [1.807, 2.05) is 6.07 Å². The predicted molar refractivity (Wildman–Crippen MR) is 173 cm³/mol. The highest BCUT2D eigenvalue weighted by Crippen LogP contribution is 2.45. The van der Waals surface area contributed by atoms with Crippen LogP contribution in [0.3, 0.4) is 0 Å². The minimum atomic E-state index is -0.0428. The molecule has 5 aromatic rings. The van der Waals surface area contributed by atoms with Gasteiger partial charge in [-0.2, -0.15) is 0 Å². The third kappa shape index (κ3) is 4.07. The number of allylic oxidation sites excluding steroid dienone is 2. The number of anilines is 1. The van der Waals surface area contributed by atoms with Gasteiger partial charge >= 0.3 is 0 Å². The second-order valence-corrected chi connectivity index (χ2v) is 11.3. The maximum absolute atomic E-state index is 5.33. The lowest BCUT2D eigenvalue weighted by Gasteiger charge is -2.36. The first kappa shape index (κ1) is 24.6. The third-order valence-electron chi connectivity index (χ3n) is 8.78. The van der Waals surface area contributed by atoms with Gasteiger partial charge in [-0.15, -0.1) is 0 Å². The van der Waals surface area contributed by atoms with E-state index in [0.29, 0.717) is 0 Å². The van der Waals surface area contributed by atoms with Crippen molar-refractivity contribution in [3.8, 4) is 11.1 Å². The lowest BCUT2D eigenvalue weighted by molar-refractivity contribution is 0.575. The molecule has 2 aliphatic heterocycles. The lowest BCUT2D eigenvalue weighted by Crippen LogP contribution is -2.44. The van der Waals surface area contributed by atoms with Gasteiger partial charge in [-0.3, -0.25) is 4.99 Å². The number of amidine groups is 2. The van der Waals surface area contributed by atoms with Crippen LogP contribution in [0.5, 0.6) is 0 Å². The van der Waals surface area contributed by atoms with Crippen LogP contribution in [0.4, 0.5) is 5.69 Å². The van der Waals surface area contributed by atoms with Gasteiger partial charge in [0.25, 0.3) is 0 Å². The molecular weight excluding hydrogens is 510 g/mol. The molecule has 8 rings (SSSR count). The van der Waals surface area contributed by atoms with Crippen molar-refractivity contribution >= 4 is 28.1 Å². The van der Waals surface area contributed by atoms with E-state index in [2.05, 4.69) is 151 Å². The topological polar surface area (TPSA) is 28.0 Å². The summed E-state index contributed by atoms with van der Waals surface area (Å²) in [5.74, 6) is 2.13. The molecule has 0 aromatic heterocycles. The summed E-state index contributed by atoms with van der Waals surface area (Å²) in [5, 5.41) is 2.50. The standard InChI is InChI=1S/C39H29N3/c1-26-37(29-12-3-2-4-13-29)40-38(30-22-19-28(20-23-30)32-24-21-27-11-5-6-14-31(27)25-32)41-39(26)42-35-17-9-7-15-33(35)34-16-8-10-18-36(34)42/h2-7,9-15,17-26,33,35,37H,1H3. The fourth-order valence-corrected chi connectivity index (χ4v) is 6.63. The highest BCUT2D eigenvalue weighted by Gasteiger charge is 2.43. The predicted octanol–water partition coefficient (Wildman–Crippen LogP) is 8.74. The minimum absolute atomic E-state index is 0.0428. The summed E-state index contributed by atoms with van der Waals surface area (Å²) < 4.78 is 0. The first-order valence-electron chi connectivity index (χ1n) is 14.6. The molecule has 3 aliphatic rings. The van der Waals surface area contributed by atoms with Crippen molar-refractivity contribution in [2.24, 2.45) is 15.9 Å². The van der Waals surface area contributed by atoms with E-state index in [1.54, 1.807) is 0 Å². The van der Waals surface area contributed by atoms with Crippen LogP contribution in [-0.2, 0) is 0 Å². The van der Waals surface area contributed by atoms with Gasteiger partial charge in [0, 0.05) is 23.0 Å². The number of nitrogens with zero attached hydrogens (tertiary/aromatic N) is 3. The van der Waals surface area contributed by atoms with Gasteiger partial charge in [-0.05, 0) is 45.7 Å². The SMILES string of the molecule is CC1C(N2c3ccc#cc3C3C=CC=CC32)=NC(c2ccc(-c3ccc4ccccc4c3)cc2)=NC1c1ccccc1. The van der Waals surface area contributed by atoms with E-state index in [0.717, 1.165) is 22.9 Å². The van der Waals surface area contributed by atoms with Gasteiger partial charge in [0.1, 0.15) is 5.84 Å². The van der Waals surface area contributed by atoms with Crippen molar-refractivity contribution in [2.75, 3.05) is 4.90 Å². The Morgan fingerprint density at radius 1 is 0.714 bits per heavy atom. The molecule has 0 spiro atoms. The van der Waals surface area contributed by atoms with Crippen LogP contribution in [0, 0.1) is 18.1 Å². The van der Waals surface area contributed by atoms with E-state index in [9.17, 15) is 0 Å². The fourth-order valence-electron chi connectivity index (χ4n) is 6.63. The highest BCUT2D eigenvalue weighted by molar-refractivity contribution is 6.14. The van der Waals surface area contributed by atoms with Gasteiger partial charge in [0.05, 0.1) is 17.8 Å². The molecule has 200 valence electrons.